The SMILES string of the molecule is CS(=O)(=O)N1C[C@@H]2CC[C@H](C1)N(C(=O)c1cnc3ccccc3c1)C2. The molecule has 132 valence electrons. The van der Waals surface area contributed by atoms with E-state index in [1.807, 2.05) is 35.2 Å². The fourth-order valence-electron chi connectivity index (χ4n) is 3.91. The summed E-state index contributed by atoms with van der Waals surface area (Å²) in [6.45, 7) is 1.51. The van der Waals surface area contributed by atoms with Gasteiger partial charge in [0, 0.05) is 37.3 Å². The van der Waals surface area contributed by atoms with E-state index in [2.05, 4.69) is 4.98 Å². The van der Waals surface area contributed by atoms with E-state index in [9.17, 15) is 13.2 Å². The van der Waals surface area contributed by atoms with Gasteiger partial charge in [0.2, 0.25) is 10.0 Å². The first kappa shape index (κ1) is 16.5. The number of hydrogen-bond acceptors (Lipinski definition) is 4. The topological polar surface area (TPSA) is 70.6 Å². The Kier molecular flexibility index (Phi) is 4.00. The molecule has 25 heavy (non-hydrogen) atoms. The Labute approximate surface area is 147 Å². The average Bonchev–Trinajstić information content (AvgIpc) is 2.93. The maximum Gasteiger partial charge on any atom is 0.255 e. The van der Waals surface area contributed by atoms with Crippen LogP contribution in [0.5, 0.6) is 0 Å². The summed E-state index contributed by atoms with van der Waals surface area (Å²) in [6.07, 6.45) is 4.69. The van der Waals surface area contributed by atoms with Crippen LogP contribution in [0, 0.1) is 5.92 Å². The van der Waals surface area contributed by atoms with Crippen LogP contribution >= 0.6 is 0 Å². The molecular weight excluding hydrogens is 338 g/mol. The standard InChI is InChI=1S/C18H21N3O3S/c1-25(23,24)20-10-13-6-7-16(12-20)21(11-13)18(22)15-8-14-4-2-3-5-17(14)19-9-15/h2-5,8-9,13,16H,6-7,10-12H2,1H3/t13-,16+/m0/s1. The molecule has 2 bridgehead atoms. The van der Waals surface area contributed by atoms with Gasteiger partial charge in [0.25, 0.3) is 5.91 Å². The molecule has 7 heteroatoms. The van der Waals surface area contributed by atoms with Gasteiger partial charge in [-0.1, -0.05) is 18.2 Å². The van der Waals surface area contributed by atoms with Gasteiger partial charge < -0.3 is 4.90 Å². The van der Waals surface area contributed by atoms with Crippen molar-refractivity contribution in [1.82, 2.24) is 14.2 Å². The van der Waals surface area contributed by atoms with Crippen LogP contribution in [0.25, 0.3) is 10.9 Å². The third-order valence-electron chi connectivity index (χ3n) is 5.25. The third kappa shape index (κ3) is 3.14. The highest BCUT2D eigenvalue weighted by atomic mass is 32.2. The summed E-state index contributed by atoms with van der Waals surface area (Å²) in [4.78, 5) is 19.3. The van der Waals surface area contributed by atoms with Crippen LogP contribution in [0.3, 0.4) is 0 Å². The van der Waals surface area contributed by atoms with Crippen LogP contribution < -0.4 is 0 Å². The molecule has 0 radical (unpaired) electrons. The largest absolute Gasteiger partial charge is 0.334 e. The summed E-state index contributed by atoms with van der Waals surface area (Å²) >= 11 is 0. The second-order valence-electron chi connectivity index (χ2n) is 7.05. The molecule has 3 fully saturated rings. The zero-order chi connectivity index (χ0) is 17.6. The number of pyridine rings is 1. The minimum Gasteiger partial charge on any atom is -0.334 e. The maximum atomic E-state index is 13.1. The first-order valence-corrected chi connectivity index (χ1v) is 10.4. The van der Waals surface area contributed by atoms with E-state index in [4.69, 9.17) is 0 Å². The molecule has 0 unspecified atom stereocenters. The van der Waals surface area contributed by atoms with Crippen molar-refractivity contribution in [1.29, 1.82) is 0 Å². The minimum absolute atomic E-state index is 0.0525. The number of fused-ring (bicyclic) bond motifs is 5. The summed E-state index contributed by atoms with van der Waals surface area (Å²) in [5, 5.41) is 0.936. The van der Waals surface area contributed by atoms with E-state index in [0.717, 1.165) is 23.7 Å². The molecule has 3 aliphatic rings. The smallest absolute Gasteiger partial charge is 0.255 e. The number of sulfonamides is 1. The van der Waals surface area contributed by atoms with Gasteiger partial charge in [-0.05, 0) is 30.9 Å². The zero-order valence-corrected chi connectivity index (χ0v) is 14.9. The summed E-state index contributed by atoms with van der Waals surface area (Å²) < 4.78 is 25.5. The van der Waals surface area contributed by atoms with Crippen molar-refractivity contribution in [3.05, 3.63) is 42.1 Å². The van der Waals surface area contributed by atoms with Crippen LogP contribution in [0.1, 0.15) is 23.2 Å². The molecule has 0 spiro atoms. The van der Waals surface area contributed by atoms with Gasteiger partial charge in [0.05, 0.1) is 17.3 Å². The predicted molar refractivity (Wildman–Crippen MR) is 95.7 cm³/mol. The fraction of sp³-hybridized carbons (Fsp3) is 0.444. The highest BCUT2D eigenvalue weighted by Gasteiger charge is 2.39. The van der Waals surface area contributed by atoms with Crippen molar-refractivity contribution in [3.63, 3.8) is 0 Å². The molecule has 4 heterocycles. The number of rotatable bonds is 2. The monoisotopic (exact) mass is 359 g/mol. The Hall–Kier alpha value is -1.99. The van der Waals surface area contributed by atoms with Gasteiger partial charge in [0.15, 0.2) is 0 Å². The summed E-state index contributed by atoms with van der Waals surface area (Å²) in [5.74, 6) is 0.147. The lowest BCUT2D eigenvalue weighted by Crippen LogP contribution is -2.47. The molecule has 6 nitrogen and oxygen atoms in total. The van der Waals surface area contributed by atoms with Gasteiger partial charge in [0.1, 0.15) is 0 Å². The van der Waals surface area contributed by atoms with E-state index in [-0.39, 0.29) is 17.9 Å². The Bertz CT molecular complexity index is 928. The molecule has 1 amide bonds. The minimum atomic E-state index is -3.23. The lowest BCUT2D eigenvalue weighted by Gasteiger charge is -2.36. The van der Waals surface area contributed by atoms with E-state index in [1.54, 1.807) is 6.20 Å². The highest BCUT2D eigenvalue weighted by Crippen LogP contribution is 2.30. The zero-order valence-electron chi connectivity index (χ0n) is 14.1. The Morgan fingerprint density at radius 2 is 1.96 bits per heavy atom. The second-order valence-corrected chi connectivity index (χ2v) is 9.03. The number of nitrogens with zero attached hydrogens (tertiary/aromatic N) is 3. The van der Waals surface area contributed by atoms with Crippen molar-refractivity contribution in [3.8, 4) is 0 Å². The van der Waals surface area contributed by atoms with Gasteiger partial charge in [-0.15, -0.1) is 0 Å². The first-order valence-electron chi connectivity index (χ1n) is 8.53. The number of piperidine rings is 1. The number of benzene rings is 1. The summed E-state index contributed by atoms with van der Waals surface area (Å²) in [5.41, 5.74) is 1.43. The molecule has 0 aliphatic carbocycles. The van der Waals surface area contributed by atoms with Crippen molar-refractivity contribution < 1.29 is 13.2 Å². The fourth-order valence-corrected chi connectivity index (χ4v) is 4.84. The van der Waals surface area contributed by atoms with Crippen molar-refractivity contribution in [2.45, 2.75) is 18.9 Å². The van der Waals surface area contributed by atoms with Crippen LogP contribution in [0.15, 0.2) is 36.5 Å². The molecule has 3 saturated heterocycles. The number of amides is 1. The third-order valence-corrected chi connectivity index (χ3v) is 6.48. The number of hydrogen-bond donors (Lipinski definition) is 0. The molecule has 0 saturated carbocycles. The first-order chi connectivity index (χ1) is 11.9. The van der Waals surface area contributed by atoms with Crippen LogP contribution in [0.4, 0.5) is 0 Å². The Morgan fingerprint density at radius 3 is 2.76 bits per heavy atom. The molecule has 1 aromatic heterocycles. The van der Waals surface area contributed by atoms with Gasteiger partial charge >= 0.3 is 0 Å². The number of aromatic nitrogens is 1. The van der Waals surface area contributed by atoms with Crippen LogP contribution in [-0.4, -0.2) is 60.4 Å². The van der Waals surface area contributed by atoms with Crippen LogP contribution in [-0.2, 0) is 10.0 Å². The van der Waals surface area contributed by atoms with Gasteiger partial charge in [-0.25, -0.2) is 8.42 Å². The van der Waals surface area contributed by atoms with Gasteiger partial charge in [-0.2, -0.15) is 4.31 Å². The number of carbonyl (C=O) groups is 1. The lowest BCUT2D eigenvalue weighted by molar-refractivity contribution is 0.0588. The van der Waals surface area contributed by atoms with E-state index in [0.29, 0.717) is 25.2 Å². The normalized spacial score (nSPS) is 24.4. The van der Waals surface area contributed by atoms with Crippen molar-refractivity contribution in [2.24, 2.45) is 5.92 Å². The van der Waals surface area contributed by atoms with E-state index >= 15 is 0 Å². The average molecular weight is 359 g/mol. The second kappa shape index (κ2) is 6.07. The highest BCUT2D eigenvalue weighted by molar-refractivity contribution is 7.88. The van der Waals surface area contributed by atoms with E-state index in [1.165, 1.54) is 10.6 Å². The van der Waals surface area contributed by atoms with E-state index < -0.39 is 10.0 Å². The predicted octanol–water partition coefficient (Wildman–Crippen LogP) is 1.73. The number of para-hydroxylation sites is 1. The molecule has 2 aromatic rings. The Balaban J connectivity index is 1.63. The quantitative estimate of drug-likeness (QED) is 0.819. The molecule has 2 atom stereocenters. The summed E-state index contributed by atoms with van der Waals surface area (Å²) in [6, 6.07) is 9.52. The summed E-state index contributed by atoms with van der Waals surface area (Å²) in [7, 11) is -3.23. The van der Waals surface area contributed by atoms with Crippen LogP contribution in [0.2, 0.25) is 0 Å². The molecule has 3 aliphatic heterocycles. The Morgan fingerprint density at radius 1 is 1.16 bits per heavy atom. The molecule has 1 aromatic carbocycles. The molecular formula is C18H21N3O3S. The van der Waals surface area contributed by atoms with Crippen molar-refractivity contribution >= 4 is 26.8 Å². The lowest BCUT2D eigenvalue weighted by atomic mass is 9.94. The molecule has 0 N–H and O–H groups in total. The molecule has 5 rings (SSSR count). The van der Waals surface area contributed by atoms with Crippen molar-refractivity contribution in [2.75, 3.05) is 25.9 Å². The number of carbonyl (C=O) groups excluding carboxylic acids is 1. The maximum absolute atomic E-state index is 13.1. The van der Waals surface area contributed by atoms with Gasteiger partial charge in [-0.3, -0.25) is 9.78 Å².